The third-order valence-corrected chi connectivity index (χ3v) is 4.32. The normalized spacial score (nSPS) is 18.4. The van der Waals surface area contributed by atoms with Crippen LogP contribution < -0.4 is 10.1 Å². The number of anilines is 1. The number of benzene rings is 2. The number of fused-ring (bicyclic) bond motifs is 1. The van der Waals surface area contributed by atoms with E-state index in [-0.39, 0.29) is 17.2 Å². The number of hydrogen-bond donors (Lipinski definition) is 2. The Kier molecular flexibility index (Phi) is 3.72. The zero-order valence-corrected chi connectivity index (χ0v) is 13.1. The number of carbonyl (C=O) groups excluding carboxylic acids is 1. The molecule has 2 aromatic carbocycles. The molecule has 1 amide bonds. The molecule has 1 aliphatic rings. The zero-order valence-electron chi connectivity index (χ0n) is 13.1. The van der Waals surface area contributed by atoms with E-state index in [2.05, 4.69) is 19.2 Å². The number of ether oxygens (including phenoxy) is 1. The van der Waals surface area contributed by atoms with E-state index >= 15 is 0 Å². The molecule has 1 atom stereocenters. The molecule has 0 aromatic heterocycles. The monoisotopic (exact) mass is 313 g/mol. The third-order valence-electron chi connectivity index (χ3n) is 4.32. The van der Waals surface area contributed by atoms with Crippen LogP contribution >= 0.6 is 0 Å². The second kappa shape index (κ2) is 5.57. The topological polar surface area (TPSA) is 75.6 Å². The summed E-state index contributed by atoms with van der Waals surface area (Å²) in [6.45, 7) is 3.77. The molecule has 2 aromatic rings. The minimum absolute atomic E-state index is 0.0272. The molecular formula is C18H19NO4. The Hall–Kier alpha value is -2.56. The summed E-state index contributed by atoms with van der Waals surface area (Å²) >= 11 is 0. The van der Waals surface area contributed by atoms with Gasteiger partial charge in [0.15, 0.2) is 6.61 Å². The van der Waals surface area contributed by atoms with Gasteiger partial charge in [-0.05, 0) is 24.0 Å². The molecule has 0 heterocycles. The minimum Gasteiger partial charge on any atom is -0.481 e. The summed E-state index contributed by atoms with van der Waals surface area (Å²) in [7, 11) is 0. The van der Waals surface area contributed by atoms with Gasteiger partial charge in [0.25, 0.3) is 0 Å². The molecule has 0 aliphatic heterocycles. The van der Waals surface area contributed by atoms with Crippen molar-refractivity contribution in [2.45, 2.75) is 20.3 Å². The molecule has 5 heteroatoms. The predicted octanol–water partition coefficient (Wildman–Crippen LogP) is 3.29. The van der Waals surface area contributed by atoms with Gasteiger partial charge in [-0.15, -0.1) is 0 Å². The largest absolute Gasteiger partial charge is 0.481 e. The smallest absolute Gasteiger partial charge is 0.341 e. The molecule has 0 spiro atoms. The molecule has 1 fully saturated rings. The Morgan fingerprint density at radius 2 is 1.87 bits per heavy atom. The Bertz CT molecular complexity index is 782. The highest BCUT2D eigenvalue weighted by atomic mass is 16.5. The van der Waals surface area contributed by atoms with E-state index in [0.29, 0.717) is 5.75 Å². The summed E-state index contributed by atoms with van der Waals surface area (Å²) in [5, 5.41) is 13.4. The fourth-order valence-electron chi connectivity index (χ4n) is 2.78. The Labute approximate surface area is 134 Å². The third kappa shape index (κ3) is 3.13. The lowest BCUT2D eigenvalue weighted by atomic mass is 10.1. The number of amides is 1. The van der Waals surface area contributed by atoms with Crippen molar-refractivity contribution in [1.82, 2.24) is 0 Å². The van der Waals surface area contributed by atoms with Crippen LogP contribution in [0, 0.1) is 11.3 Å². The SMILES string of the molecule is CC1(C)CC1C(=O)Nc1ccc(OCC(=O)O)c2ccccc12. The molecule has 0 saturated heterocycles. The fourth-order valence-corrected chi connectivity index (χ4v) is 2.78. The van der Waals surface area contributed by atoms with Crippen molar-refractivity contribution in [3.05, 3.63) is 36.4 Å². The summed E-state index contributed by atoms with van der Waals surface area (Å²) < 4.78 is 5.32. The van der Waals surface area contributed by atoms with Gasteiger partial charge in [-0.2, -0.15) is 0 Å². The lowest BCUT2D eigenvalue weighted by molar-refractivity contribution is -0.139. The summed E-state index contributed by atoms with van der Waals surface area (Å²) in [5.41, 5.74) is 0.792. The second-order valence-electron chi connectivity index (χ2n) is 6.57. The van der Waals surface area contributed by atoms with Crippen LogP contribution in [0.4, 0.5) is 5.69 Å². The van der Waals surface area contributed by atoms with Crippen molar-refractivity contribution in [3.8, 4) is 5.75 Å². The van der Waals surface area contributed by atoms with Gasteiger partial charge in [0.1, 0.15) is 5.75 Å². The van der Waals surface area contributed by atoms with E-state index in [9.17, 15) is 9.59 Å². The maximum absolute atomic E-state index is 12.3. The zero-order chi connectivity index (χ0) is 16.6. The van der Waals surface area contributed by atoms with Crippen LogP contribution in [0.5, 0.6) is 5.75 Å². The lowest BCUT2D eigenvalue weighted by Crippen LogP contribution is -2.16. The number of aliphatic carboxylic acids is 1. The quantitative estimate of drug-likeness (QED) is 0.888. The van der Waals surface area contributed by atoms with Gasteiger partial charge < -0.3 is 15.2 Å². The molecule has 1 unspecified atom stereocenters. The molecule has 1 aliphatic carbocycles. The van der Waals surface area contributed by atoms with Crippen LogP contribution in [-0.4, -0.2) is 23.6 Å². The maximum atomic E-state index is 12.3. The van der Waals surface area contributed by atoms with E-state index in [4.69, 9.17) is 9.84 Å². The van der Waals surface area contributed by atoms with Crippen LogP contribution in [0.2, 0.25) is 0 Å². The van der Waals surface area contributed by atoms with Gasteiger partial charge in [0, 0.05) is 22.4 Å². The summed E-state index contributed by atoms with van der Waals surface area (Å²) in [5.74, 6) is -0.460. The first-order valence-electron chi connectivity index (χ1n) is 7.56. The predicted molar refractivity (Wildman–Crippen MR) is 87.6 cm³/mol. The van der Waals surface area contributed by atoms with E-state index in [0.717, 1.165) is 22.9 Å². The van der Waals surface area contributed by atoms with E-state index < -0.39 is 12.6 Å². The summed E-state index contributed by atoms with van der Waals surface area (Å²) in [4.78, 5) is 23.0. The van der Waals surface area contributed by atoms with Crippen molar-refractivity contribution in [1.29, 1.82) is 0 Å². The van der Waals surface area contributed by atoms with Crippen molar-refractivity contribution in [3.63, 3.8) is 0 Å². The van der Waals surface area contributed by atoms with Crippen molar-refractivity contribution >= 4 is 28.3 Å². The molecule has 0 radical (unpaired) electrons. The molecule has 5 nitrogen and oxygen atoms in total. The van der Waals surface area contributed by atoms with Crippen LogP contribution in [0.25, 0.3) is 10.8 Å². The van der Waals surface area contributed by atoms with Crippen molar-refractivity contribution in [2.75, 3.05) is 11.9 Å². The van der Waals surface area contributed by atoms with Gasteiger partial charge >= 0.3 is 5.97 Å². The first kappa shape index (κ1) is 15.3. The minimum atomic E-state index is -1.03. The van der Waals surface area contributed by atoms with Crippen molar-refractivity contribution in [2.24, 2.45) is 11.3 Å². The standard InChI is InChI=1S/C18H19NO4/c1-18(2)9-13(18)17(22)19-14-7-8-15(23-10-16(20)21)12-6-4-3-5-11(12)14/h3-8,13H,9-10H2,1-2H3,(H,19,22)(H,20,21). The van der Waals surface area contributed by atoms with Gasteiger partial charge in [-0.1, -0.05) is 38.1 Å². The summed E-state index contributed by atoms with van der Waals surface area (Å²) in [6, 6.07) is 10.9. The van der Waals surface area contributed by atoms with Crippen LogP contribution in [0.15, 0.2) is 36.4 Å². The van der Waals surface area contributed by atoms with Crippen molar-refractivity contribution < 1.29 is 19.4 Å². The molecular weight excluding hydrogens is 294 g/mol. The lowest BCUT2D eigenvalue weighted by Gasteiger charge is -2.13. The fraction of sp³-hybridized carbons (Fsp3) is 0.333. The maximum Gasteiger partial charge on any atom is 0.341 e. The number of carboxylic acids is 1. The summed E-state index contributed by atoms with van der Waals surface area (Å²) in [6.07, 6.45) is 0.899. The highest BCUT2D eigenvalue weighted by Crippen LogP contribution is 2.52. The van der Waals surface area contributed by atoms with Crippen LogP contribution in [0.1, 0.15) is 20.3 Å². The molecule has 3 rings (SSSR count). The first-order valence-corrected chi connectivity index (χ1v) is 7.56. The van der Waals surface area contributed by atoms with E-state index in [1.807, 2.05) is 24.3 Å². The number of carboxylic acid groups (broad SMARTS) is 1. The van der Waals surface area contributed by atoms with E-state index in [1.165, 1.54) is 0 Å². The highest BCUT2D eigenvalue weighted by molar-refractivity contribution is 6.05. The Morgan fingerprint density at radius 3 is 2.48 bits per heavy atom. The number of hydrogen-bond acceptors (Lipinski definition) is 3. The number of nitrogens with one attached hydrogen (secondary N) is 1. The van der Waals surface area contributed by atoms with Gasteiger partial charge in [-0.3, -0.25) is 4.79 Å². The van der Waals surface area contributed by atoms with Gasteiger partial charge in [0.05, 0.1) is 0 Å². The van der Waals surface area contributed by atoms with Gasteiger partial charge in [-0.25, -0.2) is 4.79 Å². The number of carbonyl (C=O) groups is 2. The molecule has 0 bridgehead atoms. The second-order valence-corrected chi connectivity index (χ2v) is 6.57. The Morgan fingerprint density at radius 1 is 1.22 bits per heavy atom. The molecule has 23 heavy (non-hydrogen) atoms. The number of rotatable bonds is 5. The molecule has 2 N–H and O–H groups in total. The Balaban J connectivity index is 1.88. The van der Waals surface area contributed by atoms with Crippen LogP contribution in [-0.2, 0) is 9.59 Å². The molecule has 120 valence electrons. The average Bonchev–Trinajstić information content (AvgIpc) is 3.15. The molecule has 1 saturated carbocycles. The van der Waals surface area contributed by atoms with Gasteiger partial charge in [0.2, 0.25) is 5.91 Å². The average molecular weight is 313 g/mol. The van der Waals surface area contributed by atoms with Crippen LogP contribution in [0.3, 0.4) is 0 Å². The highest BCUT2D eigenvalue weighted by Gasteiger charge is 2.50. The first-order chi connectivity index (χ1) is 10.9. The van der Waals surface area contributed by atoms with E-state index in [1.54, 1.807) is 12.1 Å².